The van der Waals surface area contributed by atoms with E-state index in [0.717, 1.165) is 25.1 Å². The average molecular weight is 423 g/mol. The maximum atomic E-state index is 12.2. The van der Waals surface area contributed by atoms with Gasteiger partial charge < -0.3 is 19.6 Å². The molecule has 31 heavy (non-hydrogen) atoms. The number of likely N-dealkylation sites (tertiary alicyclic amines) is 1. The van der Waals surface area contributed by atoms with E-state index in [4.69, 9.17) is 4.52 Å². The second kappa shape index (κ2) is 7.51. The minimum absolute atomic E-state index is 0.130. The van der Waals surface area contributed by atoms with Crippen LogP contribution < -0.4 is 0 Å². The highest BCUT2D eigenvalue weighted by Crippen LogP contribution is 2.50. The molecule has 1 aliphatic heterocycles. The van der Waals surface area contributed by atoms with Crippen molar-refractivity contribution in [2.45, 2.75) is 45.3 Å². The van der Waals surface area contributed by atoms with Gasteiger partial charge in [0.2, 0.25) is 5.82 Å². The van der Waals surface area contributed by atoms with Gasteiger partial charge in [-0.1, -0.05) is 43.3 Å². The Labute approximate surface area is 182 Å². The molecule has 1 aliphatic rings. The number of rotatable bonds is 6. The second-order valence-electron chi connectivity index (χ2n) is 9.44. The van der Waals surface area contributed by atoms with Gasteiger partial charge in [-0.3, -0.25) is 4.98 Å². The predicted octanol–water partition coefficient (Wildman–Crippen LogP) is 3.11. The highest BCUT2D eigenvalue weighted by atomic mass is 16.5. The Bertz CT molecular complexity index is 1060. The summed E-state index contributed by atoms with van der Waals surface area (Å²) in [4.78, 5) is 10.9. The monoisotopic (exact) mass is 422 g/mol. The molecule has 0 spiro atoms. The first-order chi connectivity index (χ1) is 14.6. The molecule has 0 bridgehead atoms. The van der Waals surface area contributed by atoms with Crippen LogP contribution >= 0.6 is 0 Å². The van der Waals surface area contributed by atoms with E-state index in [1.165, 1.54) is 5.56 Å². The highest BCUT2D eigenvalue weighted by Gasteiger charge is 2.55. The number of pyridine rings is 1. The van der Waals surface area contributed by atoms with Crippen LogP contribution in [0.2, 0.25) is 0 Å². The Morgan fingerprint density at radius 1 is 1.10 bits per heavy atom. The molecule has 3 heterocycles. The topological polar surface area (TPSA) is 95.5 Å². The lowest BCUT2D eigenvalue weighted by Crippen LogP contribution is -2.63. The van der Waals surface area contributed by atoms with Gasteiger partial charge in [0.25, 0.3) is 5.89 Å². The lowest BCUT2D eigenvalue weighted by molar-refractivity contribution is -0.127. The summed E-state index contributed by atoms with van der Waals surface area (Å²) in [7, 11) is 2.05. The third-order valence-corrected chi connectivity index (χ3v) is 6.25. The number of benzene rings is 1. The zero-order chi connectivity index (χ0) is 22.4. The van der Waals surface area contributed by atoms with Crippen molar-refractivity contribution in [3.8, 4) is 11.4 Å². The van der Waals surface area contributed by atoms with E-state index in [0.29, 0.717) is 17.0 Å². The van der Waals surface area contributed by atoms with Crippen LogP contribution in [0.3, 0.4) is 0 Å². The first-order valence-electron chi connectivity index (χ1n) is 10.6. The second-order valence-corrected chi connectivity index (χ2v) is 9.44. The van der Waals surface area contributed by atoms with E-state index in [2.05, 4.69) is 53.1 Å². The quantitative estimate of drug-likeness (QED) is 0.630. The lowest BCUT2D eigenvalue weighted by Gasteiger charge is -2.55. The molecule has 4 rings (SSSR count). The van der Waals surface area contributed by atoms with Crippen LogP contribution in [0, 0.1) is 5.41 Å². The normalized spacial score (nSPS) is 18.4. The molecule has 0 saturated carbocycles. The molecule has 1 atom stereocenters. The molecule has 0 aliphatic carbocycles. The molecule has 1 fully saturated rings. The molecule has 0 radical (unpaired) electrons. The van der Waals surface area contributed by atoms with E-state index in [1.807, 2.05) is 18.2 Å². The summed E-state index contributed by atoms with van der Waals surface area (Å²) in [5.41, 5.74) is 0.505. The van der Waals surface area contributed by atoms with Crippen molar-refractivity contribution in [1.82, 2.24) is 20.0 Å². The Kier molecular flexibility index (Phi) is 5.24. The van der Waals surface area contributed by atoms with E-state index in [-0.39, 0.29) is 11.3 Å². The number of hydrogen-bond acceptors (Lipinski definition) is 7. The van der Waals surface area contributed by atoms with Crippen molar-refractivity contribution in [3.63, 3.8) is 0 Å². The number of aryl methyl sites for hydroxylation is 1. The van der Waals surface area contributed by atoms with Gasteiger partial charge in [0, 0.05) is 42.0 Å². The van der Waals surface area contributed by atoms with Crippen LogP contribution in [0.5, 0.6) is 0 Å². The number of aliphatic hydroxyl groups is 2. The van der Waals surface area contributed by atoms with Gasteiger partial charge in [-0.15, -0.1) is 0 Å². The number of nitrogens with zero attached hydrogens (tertiary/aromatic N) is 4. The highest BCUT2D eigenvalue weighted by molar-refractivity contribution is 5.56. The summed E-state index contributed by atoms with van der Waals surface area (Å²) in [6.07, 6.45) is 4.28. The molecule has 2 N–H and O–H groups in total. The SMILES string of the molecule is CCc1ccc(C(O)(c2cncc(-c3noc(C(C)(C)O)n3)c2)C2(C)CN(C)C2)cc1. The molecule has 1 aromatic carbocycles. The van der Waals surface area contributed by atoms with Crippen molar-refractivity contribution in [3.05, 3.63) is 65.3 Å². The fraction of sp³-hybridized carbons (Fsp3) is 0.458. The van der Waals surface area contributed by atoms with E-state index in [9.17, 15) is 10.2 Å². The average Bonchev–Trinajstić information content (AvgIpc) is 3.23. The molecule has 3 aromatic rings. The Morgan fingerprint density at radius 3 is 2.32 bits per heavy atom. The maximum absolute atomic E-state index is 12.2. The molecule has 7 heteroatoms. The van der Waals surface area contributed by atoms with Crippen LogP contribution in [0.25, 0.3) is 11.4 Å². The van der Waals surface area contributed by atoms with Crippen molar-refractivity contribution in [2.75, 3.05) is 20.1 Å². The van der Waals surface area contributed by atoms with Crippen molar-refractivity contribution in [1.29, 1.82) is 0 Å². The van der Waals surface area contributed by atoms with Crippen molar-refractivity contribution >= 4 is 0 Å². The number of hydrogen-bond donors (Lipinski definition) is 2. The van der Waals surface area contributed by atoms with E-state index >= 15 is 0 Å². The fourth-order valence-corrected chi connectivity index (χ4v) is 4.57. The summed E-state index contributed by atoms with van der Waals surface area (Å²) in [5.74, 6) is 0.455. The van der Waals surface area contributed by atoms with Gasteiger partial charge in [-0.05, 0) is 44.5 Å². The third-order valence-electron chi connectivity index (χ3n) is 6.25. The molecule has 1 saturated heterocycles. The van der Waals surface area contributed by atoms with Crippen molar-refractivity contribution in [2.24, 2.45) is 5.41 Å². The summed E-state index contributed by atoms with van der Waals surface area (Å²) in [6, 6.07) is 10.0. The lowest BCUT2D eigenvalue weighted by atomic mass is 9.62. The molecule has 0 amide bonds. The zero-order valence-corrected chi connectivity index (χ0v) is 18.8. The minimum atomic E-state index is -1.24. The Hall–Kier alpha value is -2.61. The van der Waals surface area contributed by atoms with Crippen LogP contribution in [-0.2, 0) is 17.6 Å². The fourth-order valence-electron chi connectivity index (χ4n) is 4.57. The van der Waals surface area contributed by atoms with Crippen LogP contribution in [0.4, 0.5) is 0 Å². The summed E-state index contributed by atoms with van der Waals surface area (Å²) in [6.45, 7) is 8.91. The molecule has 7 nitrogen and oxygen atoms in total. The van der Waals surface area contributed by atoms with Gasteiger partial charge >= 0.3 is 0 Å². The molecule has 2 aromatic heterocycles. The molecule has 1 unspecified atom stereocenters. The summed E-state index contributed by atoms with van der Waals surface area (Å²) < 4.78 is 5.22. The van der Waals surface area contributed by atoms with E-state index in [1.54, 1.807) is 26.2 Å². The molecular formula is C24H30N4O3. The van der Waals surface area contributed by atoms with Crippen LogP contribution in [-0.4, -0.2) is 50.4 Å². The largest absolute Gasteiger partial charge is 0.381 e. The van der Waals surface area contributed by atoms with Crippen LogP contribution in [0.15, 0.2) is 47.2 Å². The Balaban J connectivity index is 1.81. The number of aromatic nitrogens is 3. The van der Waals surface area contributed by atoms with Crippen LogP contribution in [0.1, 0.15) is 50.3 Å². The van der Waals surface area contributed by atoms with Gasteiger partial charge in [-0.25, -0.2) is 0 Å². The minimum Gasteiger partial charge on any atom is -0.381 e. The summed E-state index contributed by atoms with van der Waals surface area (Å²) >= 11 is 0. The summed E-state index contributed by atoms with van der Waals surface area (Å²) in [5, 5.41) is 26.4. The zero-order valence-electron chi connectivity index (χ0n) is 18.8. The standard InChI is InChI=1S/C24H30N4O3/c1-6-16-7-9-18(10-8-16)24(30,23(4)14-28(5)15-23)19-11-17(12-25-13-19)20-26-21(31-27-20)22(2,3)29/h7-13,29-30H,6,14-15H2,1-5H3. The van der Waals surface area contributed by atoms with Gasteiger partial charge in [0.1, 0.15) is 11.2 Å². The Morgan fingerprint density at radius 2 is 1.77 bits per heavy atom. The molecule has 164 valence electrons. The first-order valence-corrected chi connectivity index (χ1v) is 10.6. The predicted molar refractivity (Wildman–Crippen MR) is 117 cm³/mol. The maximum Gasteiger partial charge on any atom is 0.258 e. The van der Waals surface area contributed by atoms with Gasteiger partial charge in [0.15, 0.2) is 0 Å². The van der Waals surface area contributed by atoms with Gasteiger partial charge in [-0.2, -0.15) is 4.98 Å². The van der Waals surface area contributed by atoms with Crippen molar-refractivity contribution < 1.29 is 14.7 Å². The van der Waals surface area contributed by atoms with Gasteiger partial charge in [0.05, 0.1) is 0 Å². The molecular weight excluding hydrogens is 392 g/mol. The smallest absolute Gasteiger partial charge is 0.258 e. The van der Waals surface area contributed by atoms with E-state index < -0.39 is 11.2 Å². The third kappa shape index (κ3) is 3.67. The first kappa shape index (κ1) is 21.6.